The Labute approximate surface area is 145 Å². The molecule has 0 aromatic carbocycles. The smallest absolute Gasteiger partial charge is 0.220 e. The number of rotatable bonds is 18. The topological polar surface area (TPSA) is 55.1 Å². The summed E-state index contributed by atoms with van der Waals surface area (Å²) in [5.41, 5.74) is 5.35. The van der Waals surface area contributed by atoms with Crippen molar-refractivity contribution in [2.75, 3.05) is 13.1 Å². The van der Waals surface area contributed by atoms with E-state index < -0.39 is 0 Å². The molecule has 23 heavy (non-hydrogen) atoms. The van der Waals surface area contributed by atoms with E-state index in [9.17, 15) is 4.79 Å². The average molecular weight is 327 g/mol. The molecule has 0 aliphatic heterocycles. The monoisotopic (exact) mass is 326 g/mol. The molecule has 0 aromatic heterocycles. The van der Waals surface area contributed by atoms with Crippen molar-refractivity contribution >= 4 is 5.91 Å². The first-order valence-corrected chi connectivity index (χ1v) is 10.3. The van der Waals surface area contributed by atoms with Crippen LogP contribution in [0.2, 0.25) is 0 Å². The van der Waals surface area contributed by atoms with Crippen molar-refractivity contribution < 1.29 is 4.79 Å². The molecule has 3 heteroatoms. The fourth-order valence-corrected chi connectivity index (χ4v) is 2.96. The first kappa shape index (κ1) is 22.4. The molecule has 0 heterocycles. The van der Waals surface area contributed by atoms with Gasteiger partial charge in [-0.3, -0.25) is 4.79 Å². The normalized spacial score (nSPS) is 10.9. The van der Waals surface area contributed by atoms with Crippen LogP contribution in [0.3, 0.4) is 0 Å². The van der Waals surface area contributed by atoms with E-state index in [-0.39, 0.29) is 5.91 Å². The molecule has 0 saturated heterocycles. The van der Waals surface area contributed by atoms with Crippen molar-refractivity contribution in [3.05, 3.63) is 0 Å². The molecule has 138 valence electrons. The molecule has 0 rings (SSSR count). The minimum absolute atomic E-state index is 0.158. The van der Waals surface area contributed by atoms with E-state index in [0.29, 0.717) is 19.5 Å². The summed E-state index contributed by atoms with van der Waals surface area (Å²) in [4.78, 5) is 11.4. The maximum absolute atomic E-state index is 11.4. The summed E-state index contributed by atoms with van der Waals surface area (Å²) >= 11 is 0. The van der Waals surface area contributed by atoms with Gasteiger partial charge in [-0.25, -0.2) is 0 Å². The molecule has 0 radical (unpaired) electrons. The second-order valence-electron chi connectivity index (χ2n) is 6.84. The molecule has 0 aliphatic carbocycles. The van der Waals surface area contributed by atoms with E-state index >= 15 is 0 Å². The number of hydrogen-bond acceptors (Lipinski definition) is 2. The third kappa shape index (κ3) is 19.4. The van der Waals surface area contributed by atoms with Gasteiger partial charge in [0.05, 0.1) is 0 Å². The molecule has 0 fully saturated rings. The van der Waals surface area contributed by atoms with Crippen LogP contribution >= 0.6 is 0 Å². The molecule has 0 aromatic rings. The second kappa shape index (κ2) is 19.5. The Hall–Kier alpha value is -0.570. The van der Waals surface area contributed by atoms with E-state index in [1.54, 1.807) is 0 Å². The first-order chi connectivity index (χ1) is 11.3. The highest BCUT2D eigenvalue weighted by atomic mass is 16.1. The summed E-state index contributed by atoms with van der Waals surface area (Å²) in [5.74, 6) is 0.158. The number of nitrogens with one attached hydrogen (secondary N) is 1. The van der Waals surface area contributed by atoms with Gasteiger partial charge in [0.25, 0.3) is 0 Å². The molecule has 3 N–H and O–H groups in total. The fraction of sp³-hybridized carbons (Fsp3) is 0.950. The summed E-state index contributed by atoms with van der Waals surface area (Å²) in [6.45, 7) is 3.42. The summed E-state index contributed by atoms with van der Waals surface area (Å²) < 4.78 is 0. The van der Waals surface area contributed by atoms with Crippen molar-refractivity contribution in [1.29, 1.82) is 0 Å². The van der Waals surface area contributed by atoms with Crippen LogP contribution in [0.4, 0.5) is 0 Å². The zero-order valence-corrected chi connectivity index (χ0v) is 15.7. The molecule has 0 saturated carbocycles. The fourth-order valence-electron chi connectivity index (χ4n) is 2.96. The summed E-state index contributed by atoms with van der Waals surface area (Å²) in [6, 6.07) is 0. The number of carbonyl (C=O) groups is 1. The van der Waals surface area contributed by atoms with E-state index in [2.05, 4.69) is 12.2 Å². The lowest BCUT2D eigenvalue weighted by atomic mass is 10.0. The van der Waals surface area contributed by atoms with E-state index in [4.69, 9.17) is 5.73 Å². The zero-order chi connectivity index (χ0) is 17.0. The lowest BCUT2D eigenvalue weighted by Gasteiger charge is -2.04. The van der Waals surface area contributed by atoms with Crippen LogP contribution in [-0.4, -0.2) is 19.0 Å². The third-order valence-electron chi connectivity index (χ3n) is 4.47. The quantitative estimate of drug-likeness (QED) is 0.335. The van der Waals surface area contributed by atoms with Crippen LogP contribution < -0.4 is 11.1 Å². The number of unbranched alkanes of at least 4 members (excludes halogenated alkanes) is 14. The van der Waals surface area contributed by atoms with Gasteiger partial charge in [-0.2, -0.15) is 0 Å². The number of amides is 1. The van der Waals surface area contributed by atoms with Crippen molar-refractivity contribution in [2.24, 2.45) is 5.73 Å². The van der Waals surface area contributed by atoms with Gasteiger partial charge in [-0.1, -0.05) is 96.8 Å². The Morgan fingerprint density at radius 1 is 0.696 bits per heavy atom. The van der Waals surface area contributed by atoms with Gasteiger partial charge in [0.2, 0.25) is 5.91 Å². The molecule has 0 aliphatic rings. The second-order valence-corrected chi connectivity index (χ2v) is 6.84. The molecule has 0 bridgehead atoms. The highest BCUT2D eigenvalue weighted by molar-refractivity contribution is 5.75. The molecule has 0 spiro atoms. The van der Waals surface area contributed by atoms with Crippen LogP contribution in [0.5, 0.6) is 0 Å². The average Bonchev–Trinajstić information content (AvgIpc) is 2.56. The molecule has 0 atom stereocenters. The predicted octanol–water partition coefficient (Wildman–Crippen LogP) is 5.32. The lowest BCUT2D eigenvalue weighted by molar-refractivity contribution is -0.121. The van der Waals surface area contributed by atoms with Crippen molar-refractivity contribution in [3.63, 3.8) is 0 Å². The van der Waals surface area contributed by atoms with Crippen molar-refractivity contribution in [1.82, 2.24) is 5.32 Å². The zero-order valence-electron chi connectivity index (χ0n) is 15.7. The summed E-state index contributed by atoms with van der Waals surface area (Å²) in [7, 11) is 0. The van der Waals surface area contributed by atoms with E-state index in [1.165, 1.54) is 89.9 Å². The minimum atomic E-state index is 0.158. The van der Waals surface area contributed by atoms with Crippen LogP contribution in [0.1, 0.15) is 110 Å². The Balaban J connectivity index is 3.04. The Kier molecular flexibility index (Phi) is 19.0. The van der Waals surface area contributed by atoms with Gasteiger partial charge in [-0.05, 0) is 6.42 Å². The maximum atomic E-state index is 11.4. The molecule has 3 nitrogen and oxygen atoms in total. The van der Waals surface area contributed by atoms with E-state index in [1.807, 2.05) is 0 Å². The molecule has 1 amide bonds. The maximum Gasteiger partial charge on any atom is 0.220 e. The highest BCUT2D eigenvalue weighted by Crippen LogP contribution is 2.13. The Morgan fingerprint density at radius 3 is 1.48 bits per heavy atom. The molecule has 0 unspecified atom stereocenters. The van der Waals surface area contributed by atoms with E-state index in [0.717, 1.165) is 6.42 Å². The largest absolute Gasteiger partial charge is 0.355 e. The van der Waals surface area contributed by atoms with Crippen LogP contribution in [0.15, 0.2) is 0 Å². The van der Waals surface area contributed by atoms with Gasteiger partial charge in [0, 0.05) is 19.5 Å². The third-order valence-corrected chi connectivity index (χ3v) is 4.47. The van der Waals surface area contributed by atoms with Crippen molar-refractivity contribution in [3.8, 4) is 0 Å². The molecular weight excluding hydrogens is 284 g/mol. The lowest BCUT2D eigenvalue weighted by Crippen LogP contribution is -2.28. The summed E-state index contributed by atoms with van der Waals surface area (Å²) in [5, 5.41) is 2.82. The Morgan fingerprint density at radius 2 is 1.09 bits per heavy atom. The van der Waals surface area contributed by atoms with Gasteiger partial charge in [-0.15, -0.1) is 0 Å². The van der Waals surface area contributed by atoms with Crippen molar-refractivity contribution in [2.45, 2.75) is 110 Å². The standard InChI is InChI=1S/C20H42N2O/c1-2-3-4-5-6-7-8-9-10-11-12-13-14-15-16-17-20(23)22-19-18-21/h2-19,21H2,1H3,(H,22,23). The minimum Gasteiger partial charge on any atom is -0.355 e. The number of hydrogen-bond donors (Lipinski definition) is 2. The predicted molar refractivity (Wildman–Crippen MR) is 102 cm³/mol. The SMILES string of the molecule is CCCCCCCCCCCCCCCCCC(=O)NCCN. The number of carbonyl (C=O) groups excluding carboxylic acids is 1. The first-order valence-electron chi connectivity index (χ1n) is 10.3. The molecular formula is C20H42N2O. The van der Waals surface area contributed by atoms with Gasteiger partial charge < -0.3 is 11.1 Å². The van der Waals surface area contributed by atoms with Crippen LogP contribution in [0, 0.1) is 0 Å². The van der Waals surface area contributed by atoms with Gasteiger partial charge in [0.15, 0.2) is 0 Å². The van der Waals surface area contributed by atoms with Crippen LogP contribution in [-0.2, 0) is 4.79 Å². The summed E-state index contributed by atoms with van der Waals surface area (Å²) in [6.07, 6.45) is 21.1. The van der Waals surface area contributed by atoms with Crippen LogP contribution in [0.25, 0.3) is 0 Å². The highest BCUT2D eigenvalue weighted by Gasteiger charge is 1.99. The van der Waals surface area contributed by atoms with Gasteiger partial charge >= 0.3 is 0 Å². The Bertz CT molecular complexity index is 244. The number of nitrogens with two attached hydrogens (primary N) is 1. The van der Waals surface area contributed by atoms with Gasteiger partial charge in [0.1, 0.15) is 0 Å².